The quantitative estimate of drug-likeness (QED) is 0.309. The molecule has 1 aromatic carbocycles. The fourth-order valence-electron chi connectivity index (χ4n) is 4.97. The maximum atomic E-state index is 12.9. The summed E-state index contributed by atoms with van der Waals surface area (Å²) in [5.74, 6) is -2.72. The Bertz CT molecular complexity index is 1190. The number of piperidine rings is 3. The van der Waals surface area contributed by atoms with Crippen LogP contribution in [0.4, 0.5) is 0 Å². The number of amides is 1. The molecule has 3 aliphatic rings. The summed E-state index contributed by atoms with van der Waals surface area (Å²) in [6.45, 7) is 2.24. The van der Waals surface area contributed by atoms with Crippen molar-refractivity contribution in [3.63, 3.8) is 0 Å². The first-order valence-corrected chi connectivity index (χ1v) is 12.0. The first kappa shape index (κ1) is 26.3. The summed E-state index contributed by atoms with van der Waals surface area (Å²) >= 11 is 0. The third kappa shape index (κ3) is 6.13. The Morgan fingerprint density at radius 2 is 1.70 bits per heavy atom. The highest BCUT2D eigenvalue weighted by Gasteiger charge is 2.43. The Hall–Kier alpha value is -3.80. The number of furan rings is 1. The van der Waals surface area contributed by atoms with Crippen LogP contribution < -0.4 is 5.32 Å². The van der Waals surface area contributed by atoms with Gasteiger partial charge in [-0.3, -0.25) is 14.7 Å². The van der Waals surface area contributed by atoms with Gasteiger partial charge in [0.2, 0.25) is 0 Å². The zero-order valence-corrected chi connectivity index (χ0v) is 19.9. The molecule has 0 aliphatic carbocycles. The van der Waals surface area contributed by atoms with Crippen molar-refractivity contribution in [3.05, 3.63) is 66.2 Å². The van der Waals surface area contributed by atoms with Crippen molar-refractivity contribution in [2.75, 3.05) is 13.1 Å². The number of nitrogens with zero attached hydrogens (tertiary/aromatic N) is 2. The Kier molecular flexibility index (Phi) is 8.17. The molecule has 5 N–H and O–H groups in total. The van der Waals surface area contributed by atoms with Crippen LogP contribution in [0.15, 0.2) is 59.3 Å². The maximum absolute atomic E-state index is 12.9. The number of carbonyl (C=O) groups is 3. The van der Waals surface area contributed by atoms with Gasteiger partial charge in [0.15, 0.2) is 18.0 Å². The van der Waals surface area contributed by atoms with E-state index in [1.54, 1.807) is 6.20 Å². The van der Waals surface area contributed by atoms with Gasteiger partial charge in [-0.1, -0.05) is 24.3 Å². The number of para-hydroxylation sites is 1. The number of carboxylic acids is 2. The van der Waals surface area contributed by atoms with E-state index >= 15 is 0 Å². The molecule has 3 saturated heterocycles. The van der Waals surface area contributed by atoms with Gasteiger partial charge in [0, 0.05) is 29.9 Å². The molecule has 0 radical (unpaired) electrons. The second-order valence-electron chi connectivity index (χ2n) is 9.22. The minimum atomic E-state index is -2.27. The monoisotopic (exact) mass is 511 g/mol. The largest absolute Gasteiger partial charge is 0.479 e. The highest BCUT2D eigenvalue weighted by atomic mass is 16.4. The van der Waals surface area contributed by atoms with Gasteiger partial charge in [-0.05, 0) is 62.0 Å². The van der Waals surface area contributed by atoms with Gasteiger partial charge in [-0.15, -0.1) is 0 Å². The molecular formula is C26H29N3O8. The number of benzene rings is 1. The fourth-order valence-corrected chi connectivity index (χ4v) is 4.97. The maximum Gasteiger partial charge on any atom is 0.335 e. The molecule has 0 saturated carbocycles. The number of rotatable bonds is 7. The lowest BCUT2D eigenvalue weighted by Gasteiger charge is -2.51. The van der Waals surface area contributed by atoms with Crippen LogP contribution in [0.25, 0.3) is 11.0 Å². The Labute approximate surface area is 212 Å². The van der Waals surface area contributed by atoms with Gasteiger partial charge in [0.05, 0.1) is 0 Å². The molecule has 4 atom stereocenters. The first-order valence-electron chi connectivity index (χ1n) is 12.0. The molecule has 11 heteroatoms. The molecule has 3 aromatic rings. The van der Waals surface area contributed by atoms with Gasteiger partial charge < -0.3 is 30.2 Å². The summed E-state index contributed by atoms with van der Waals surface area (Å²) in [5, 5.41) is 36.8. The first-order chi connectivity index (χ1) is 17.7. The number of nitrogens with one attached hydrogen (secondary N) is 1. The zero-order valence-electron chi connectivity index (χ0n) is 19.9. The number of aliphatic carboxylic acids is 2. The van der Waals surface area contributed by atoms with E-state index < -0.39 is 24.1 Å². The normalized spacial score (nSPS) is 23.9. The van der Waals surface area contributed by atoms with Crippen molar-refractivity contribution >= 4 is 28.8 Å². The van der Waals surface area contributed by atoms with E-state index in [-0.39, 0.29) is 11.9 Å². The van der Waals surface area contributed by atoms with E-state index in [9.17, 15) is 14.4 Å². The van der Waals surface area contributed by atoms with Crippen LogP contribution in [0.2, 0.25) is 0 Å². The number of carbonyl (C=O) groups excluding carboxylic acids is 1. The lowest BCUT2D eigenvalue weighted by Crippen LogP contribution is -2.64. The Morgan fingerprint density at radius 3 is 2.30 bits per heavy atom. The number of aromatic nitrogens is 1. The van der Waals surface area contributed by atoms with Crippen LogP contribution in [0.3, 0.4) is 0 Å². The van der Waals surface area contributed by atoms with Crippen molar-refractivity contribution in [2.24, 2.45) is 5.92 Å². The average molecular weight is 512 g/mol. The van der Waals surface area contributed by atoms with Crippen LogP contribution in [0, 0.1) is 5.92 Å². The van der Waals surface area contributed by atoms with Crippen molar-refractivity contribution in [3.8, 4) is 0 Å². The third-order valence-electron chi connectivity index (χ3n) is 6.89. The Balaban J connectivity index is 0.000000275. The predicted molar refractivity (Wildman–Crippen MR) is 131 cm³/mol. The van der Waals surface area contributed by atoms with Crippen molar-refractivity contribution < 1.29 is 39.2 Å². The molecule has 0 spiro atoms. The van der Waals surface area contributed by atoms with E-state index in [4.69, 9.17) is 24.8 Å². The summed E-state index contributed by atoms with van der Waals surface area (Å²) in [4.78, 5) is 39.2. The Morgan fingerprint density at radius 1 is 1.03 bits per heavy atom. The van der Waals surface area contributed by atoms with Crippen molar-refractivity contribution in [1.29, 1.82) is 0 Å². The molecule has 196 valence electrons. The van der Waals surface area contributed by atoms with E-state index in [2.05, 4.69) is 21.3 Å². The minimum Gasteiger partial charge on any atom is -0.479 e. The number of hydrogen-bond donors (Lipinski definition) is 5. The summed E-state index contributed by atoms with van der Waals surface area (Å²) in [6.07, 6.45) is 2.41. The summed E-state index contributed by atoms with van der Waals surface area (Å²) < 4.78 is 5.77. The van der Waals surface area contributed by atoms with Crippen LogP contribution in [0.1, 0.15) is 29.0 Å². The van der Waals surface area contributed by atoms with Gasteiger partial charge in [-0.2, -0.15) is 0 Å². The van der Waals surface area contributed by atoms with E-state index in [1.807, 2.05) is 42.6 Å². The van der Waals surface area contributed by atoms with E-state index in [0.29, 0.717) is 17.7 Å². The van der Waals surface area contributed by atoms with Crippen LogP contribution in [-0.2, 0) is 16.0 Å². The lowest BCUT2D eigenvalue weighted by molar-refractivity contribution is -0.165. The molecule has 6 rings (SSSR count). The van der Waals surface area contributed by atoms with Crippen LogP contribution in [-0.4, -0.2) is 85.5 Å². The van der Waals surface area contributed by atoms with Crippen LogP contribution in [0.5, 0.6) is 0 Å². The third-order valence-corrected chi connectivity index (χ3v) is 6.89. The molecule has 3 fully saturated rings. The number of hydrogen-bond acceptors (Lipinski definition) is 8. The average Bonchev–Trinajstić information content (AvgIpc) is 3.35. The minimum absolute atomic E-state index is 0.110. The molecule has 11 nitrogen and oxygen atoms in total. The van der Waals surface area contributed by atoms with Gasteiger partial charge in [0.1, 0.15) is 5.58 Å². The predicted octanol–water partition coefficient (Wildman–Crippen LogP) is 1.14. The molecule has 3 aliphatic heterocycles. The van der Waals surface area contributed by atoms with E-state index in [1.165, 1.54) is 5.56 Å². The van der Waals surface area contributed by atoms with Crippen LogP contribution >= 0.6 is 0 Å². The second kappa shape index (κ2) is 11.5. The number of fused-ring (bicyclic) bond motifs is 4. The lowest BCUT2D eigenvalue weighted by atomic mass is 9.76. The molecule has 0 unspecified atom stereocenters. The topological polar surface area (TPSA) is 173 Å². The highest BCUT2D eigenvalue weighted by molar-refractivity contribution is 5.96. The molecule has 37 heavy (non-hydrogen) atoms. The fraction of sp³-hybridized carbons (Fsp3) is 0.385. The smallest absolute Gasteiger partial charge is 0.335 e. The molecule has 1 amide bonds. The van der Waals surface area contributed by atoms with Gasteiger partial charge in [0.25, 0.3) is 5.91 Å². The summed E-state index contributed by atoms with van der Waals surface area (Å²) in [6, 6.07) is 14.1. The van der Waals surface area contributed by atoms with Crippen molar-refractivity contribution in [2.45, 2.75) is 43.6 Å². The number of aliphatic hydroxyl groups excluding tert-OH is 2. The van der Waals surface area contributed by atoms with Gasteiger partial charge >= 0.3 is 11.9 Å². The zero-order chi connectivity index (χ0) is 26.5. The number of aliphatic hydroxyl groups is 2. The SMILES string of the molecule is O=C(N[C@@H]1C2CCN(CC2)[C@H]1Cc1cccnc1)c1cc2ccccc2o1.O=C(O)[C@@H](O)[C@H](O)C(=O)O. The van der Waals surface area contributed by atoms with E-state index in [0.717, 1.165) is 43.3 Å². The van der Waals surface area contributed by atoms with Crippen molar-refractivity contribution in [1.82, 2.24) is 15.2 Å². The number of pyridine rings is 1. The molecule has 2 aromatic heterocycles. The molecule has 2 bridgehead atoms. The summed E-state index contributed by atoms with van der Waals surface area (Å²) in [7, 11) is 0. The highest BCUT2D eigenvalue weighted by Crippen LogP contribution is 2.34. The summed E-state index contributed by atoms with van der Waals surface area (Å²) in [5.41, 5.74) is 1.97. The second-order valence-corrected chi connectivity index (χ2v) is 9.22. The molecule has 5 heterocycles. The standard InChI is InChI=1S/C22H23N3O2.C4H6O6/c26-22(20-13-17-5-1-2-6-19(17)27-20)24-21-16-7-10-25(11-8-16)18(21)12-15-4-3-9-23-14-15;5-1(3(7)8)2(6)4(9)10/h1-6,9,13-14,16,18,21H,7-8,10-12H2,(H,24,26);1-2,5-6H,(H,7,8)(H,9,10)/t18-,21+;1-,2-/m00/s1. The van der Waals surface area contributed by atoms with Gasteiger partial charge in [-0.25, -0.2) is 9.59 Å². The molecular weight excluding hydrogens is 482 g/mol. The number of carboxylic acid groups (broad SMARTS) is 2.